The Morgan fingerprint density at radius 1 is 1.05 bits per heavy atom. The SMILES string of the molecule is CC1=C[C@H]2O[C@@H]3C[C@H]4OC(=O)/C=C\C=C\[C@H]([C@@H](C)O)OCC/C(C)=C/C(=O)OC[C@@]2(CC1)[C@]4(C)C31CO1. The maximum atomic E-state index is 12.9. The lowest BCUT2D eigenvalue weighted by Crippen LogP contribution is -2.66. The van der Waals surface area contributed by atoms with Crippen LogP contribution in [-0.2, 0) is 33.3 Å². The summed E-state index contributed by atoms with van der Waals surface area (Å²) in [5, 5.41) is 10.0. The highest BCUT2D eigenvalue weighted by Crippen LogP contribution is 2.72. The third-order valence-corrected chi connectivity index (χ3v) is 9.24. The third kappa shape index (κ3) is 4.42. The smallest absolute Gasteiger partial charge is 0.331 e. The second-order valence-electron chi connectivity index (χ2n) is 11.4. The van der Waals surface area contributed by atoms with Crippen molar-refractivity contribution in [1.29, 1.82) is 0 Å². The van der Waals surface area contributed by atoms with Gasteiger partial charge in [0.1, 0.15) is 24.4 Å². The molecule has 0 aromatic carbocycles. The monoisotopic (exact) mass is 514 g/mol. The summed E-state index contributed by atoms with van der Waals surface area (Å²) < 4.78 is 30.6. The molecule has 5 rings (SSSR count). The summed E-state index contributed by atoms with van der Waals surface area (Å²) in [5.74, 6) is -0.879. The van der Waals surface area contributed by atoms with Gasteiger partial charge < -0.3 is 28.8 Å². The van der Waals surface area contributed by atoms with Crippen LogP contribution in [-0.4, -0.2) is 73.0 Å². The highest BCUT2D eigenvalue weighted by molar-refractivity contribution is 5.83. The summed E-state index contributed by atoms with van der Waals surface area (Å²) in [7, 11) is 0. The fraction of sp³-hybridized carbons (Fsp3) is 0.655. The molecule has 3 aliphatic heterocycles. The first-order valence-electron chi connectivity index (χ1n) is 13.3. The van der Waals surface area contributed by atoms with Gasteiger partial charge in [-0.05, 0) is 40.0 Å². The van der Waals surface area contributed by atoms with Gasteiger partial charge in [-0.15, -0.1) is 0 Å². The van der Waals surface area contributed by atoms with E-state index in [2.05, 4.69) is 19.9 Å². The number of rotatable bonds is 1. The van der Waals surface area contributed by atoms with Crippen molar-refractivity contribution >= 4 is 11.9 Å². The second kappa shape index (κ2) is 9.80. The highest BCUT2D eigenvalue weighted by Gasteiger charge is 2.83. The molecule has 1 saturated carbocycles. The lowest BCUT2D eigenvalue weighted by Gasteiger charge is -2.58. The molecule has 0 aromatic heterocycles. The Bertz CT molecular complexity index is 1050. The van der Waals surface area contributed by atoms with Crippen molar-refractivity contribution in [2.75, 3.05) is 19.8 Å². The van der Waals surface area contributed by atoms with E-state index in [9.17, 15) is 14.7 Å². The predicted octanol–water partition coefficient (Wildman–Crippen LogP) is 3.34. The largest absolute Gasteiger partial charge is 0.462 e. The molecule has 2 bridgehead atoms. The van der Waals surface area contributed by atoms with Crippen molar-refractivity contribution in [3.63, 3.8) is 0 Å². The molecular formula is C29H38O8. The van der Waals surface area contributed by atoms with E-state index in [4.69, 9.17) is 23.7 Å². The minimum Gasteiger partial charge on any atom is -0.462 e. The first-order chi connectivity index (χ1) is 17.6. The van der Waals surface area contributed by atoms with Crippen LogP contribution in [0.3, 0.4) is 0 Å². The molecule has 8 heteroatoms. The highest BCUT2D eigenvalue weighted by atomic mass is 16.6. The Morgan fingerprint density at radius 2 is 1.84 bits per heavy atom. The van der Waals surface area contributed by atoms with Crippen molar-refractivity contribution in [3.8, 4) is 0 Å². The van der Waals surface area contributed by atoms with E-state index in [-0.39, 0.29) is 18.8 Å². The topological polar surface area (TPSA) is 104 Å². The van der Waals surface area contributed by atoms with E-state index in [1.54, 1.807) is 25.2 Å². The van der Waals surface area contributed by atoms with E-state index < -0.39 is 46.7 Å². The summed E-state index contributed by atoms with van der Waals surface area (Å²) in [6.45, 7) is 8.73. The minimum atomic E-state index is -0.735. The maximum Gasteiger partial charge on any atom is 0.331 e. The Labute approximate surface area is 218 Å². The van der Waals surface area contributed by atoms with Crippen molar-refractivity contribution in [2.45, 2.75) is 89.5 Å². The number of allylic oxidation sites excluding steroid dienone is 3. The first-order valence-corrected chi connectivity index (χ1v) is 13.3. The molecule has 8 nitrogen and oxygen atoms in total. The number of ether oxygens (including phenoxy) is 5. The zero-order valence-corrected chi connectivity index (χ0v) is 22.1. The van der Waals surface area contributed by atoms with E-state index in [1.807, 2.05) is 6.92 Å². The molecule has 0 aromatic rings. The summed E-state index contributed by atoms with van der Waals surface area (Å²) in [6.07, 6.45) is 10.5. The van der Waals surface area contributed by atoms with Crippen LogP contribution in [0.1, 0.15) is 53.4 Å². The quantitative estimate of drug-likeness (QED) is 0.323. The number of carbonyl (C=O) groups is 2. The summed E-state index contributed by atoms with van der Waals surface area (Å²) in [5.41, 5.74) is 0.318. The van der Waals surface area contributed by atoms with Gasteiger partial charge in [-0.1, -0.05) is 42.4 Å². The number of aliphatic hydroxyl groups is 1. The van der Waals surface area contributed by atoms with Crippen LogP contribution < -0.4 is 0 Å². The Balaban J connectivity index is 1.51. The molecule has 2 spiro atoms. The lowest BCUT2D eigenvalue weighted by atomic mass is 9.51. The van der Waals surface area contributed by atoms with Gasteiger partial charge in [-0.25, -0.2) is 9.59 Å². The first kappa shape index (κ1) is 26.4. The molecule has 2 saturated heterocycles. The normalized spacial score (nSPS) is 46.2. The molecular weight excluding hydrogens is 476 g/mol. The number of esters is 2. The van der Waals surface area contributed by atoms with Gasteiger partial charge in [0.25, 0.3) is 0 Å². The molecule has 202 valence electrons. The number of hydrogen-bond donors (Lipinski definition) is 1. The molecule has 0 radical (unpaired) electrons. The van der Waals surface area contributed by atoms with Crippen LogP contribution in [0.25, 0.3) is 0 Å². The minimum absolute atomic E-state index is 0.144. The Kier molecular flexibility index (Phi) is 6.98. The zero-order valence-electron chi connectivity index (χ0n) is 22.1. The molecule has 3 heterocycles. The van der Waals surface area contributed by atoms with Gasteiger partial charge in [0.15, 0.2) is 0 Å². The molecule has 1 N–H and O–H groups in total. The van der Waals surface area contributed by atoms with Crippen LogP contribution in [0, 0.1) is 10.8 Å². The molecule has 2 aliphatic carbocycles. The van der Waals surface area contributed by atoms with Gasteiger partial charge in [0, 0.05) is 24.0 Å². The molecule has 3 fully saturated rings. The number of hydrogen-bond acceptors (Lipinski definition) is 8. The number of aliphatic hydroxyl groups excluding tert-OH is 1. The van der Waals surface area contributed by atoms with Gasteiger partial charge in [-0.3, -0.25) is 0 Å². The van der Waals surface area contributed by atoms with Crippen molar-refractivity contribution in [2.24, 2.45) is 10.8 Å². The van der Waals surface area contributed by atoms with Gasteiger partial charge >= 0.3 is 11.9 Å². The Morgan fingerprint density at radius 3 is 2.57 bits per heavy atom. The molecule has 0 amide bonds. The fourth-order valence-corrected chi connectivity index (χ4v) is 6.85. The number of carbonyl (C=O) groups excluding carboxylic acids is 2. The van der Waals surface area contributed by atoms with E-state index >= 15 is 0 Å². The van der Waals surface area contributed by atoms with Crippen LogP contribution in [0.5, 0.6) is 0 Å². The number of epoxide rings is 1. The van der Waals surface area contributed by atoms with Gasteiger partial charge in [0.05, 0.1) is 36.9 Å². The average Bonchev–Trinajstić information content (AvgIpc) is 3.61. The van der Waals surface area contributed by atoms with E-state index in [0.717, 1.165) is 18.4 Å². The van der Waals surface area contributed by atoms with E-state index in [1.165, 1.54) is 17.7 Å². The van der Waals surface area contributed by atoms with Crippen LogP contribution in [0.15, 0.2) is 47.6 Å². The zero-order chi connectivity index (χ0) is 26.4. The van der Waals surface area contributed by atoms with Crippen molar-refractivity contribution in [1.82, 2.24) is 0 Å². The fourth-order valence-electron chi connectivity index (χ4n) is 6.85. The van der Waals surface area contributed by atoms with Gasteiger partial charge in [0.2, 0.25) is 0 Å². The third-order valence-electron chi connectivity index (χ3n) is 9.24. The summed E-state index contributed by atoms with van der Waals surface area (Å²) >= 11 is 0. The van der Waals surface area contributed by atoms with Crippen molar-refractivity contribution < 1.29 is 38.4 Å². The van der Waals surface area contributed by atoms with E-state index in [0.29, 0.717) is 26.1 Å². The molecule has 37 heavy (non-hydrogen) atoms. The lowest BCUT2D eigenvalue weighted by molar-refractivity contribution is -0.232. The van der Waals surface area contributed by atoms with Crippen LogP contribution in [0.2, 0.25) is 0 Å². The van der Waals surface area contributed by atoms with Crippen molar-refractivity contribution in [3.05, 3.63) is 47.6 Å². The standard InChI is InChI=1S/C29H38O8/c1-18-9-11-28-16-34-26(32)14-19(2)10-12-33-21(20(3)30)7-5-6-8-25(31)37-22-15-24(36-23(28)13-18)29(17-35-29)27(22,28)4/h5-8,13-14,20-24,30H,9-12,15-17H2,1-4H3/b7-5+,8-6-,19-14+/t20-,21-,22-,23-,24-,27-,28-,29?/m1/s1. The summed E-state index contributed by atoms with van der Waals surface area (Å²) in [6, 6.07) is 0. The second-order valence-corrected chi connectivity index (χ2v) is 11.4. The molecule has 8 atom stereocenters. The van der Waals surface area contributed by atoms with Crippen LogP contribution >= 0.6 is 0 Å². The molecule has 5 aliphatic rings. The maximum absolute atomic E-state index is 12.9. The predicted molar refractivity (Wildman–Crippen MR) is 134 cm³/mol. The Hall–Kier alpha value is -2.26. The molecule has 1 unspecified atom stereocenters. The van der Waals surface area contributed by atoms with Gasteiger partial charge in [-0.2, -0.15) is 0 Å². The number of cyclic esters (lactones) is 1. The summed E-state index contributed by atoms with van der Waals surface area (Å²) in [4.78, 5) is 25.9. The average molecular weight is 515 g/mol. The van der Waals surface area contributed by atoms with Crippen LogP contribution in [0.4, 0.5) is 0 Å².